The van der Waals surface area contributed by atoms with Crippen LogP contribution in [-0.2, 0) is 24.3 Å². The molecule has 7 rings (SSSR count). The number of carbonyl (C=O) groups is 1. The van der Waals surface area contributed by atoms with Crippen LogP contribution >= 0.6 is 0 Å². The van der Waals surface area contributed by atoms with Gasteiger partial charge < -0.3 is 10.1 Å². The van der Waals surface area contributed by atoms with Gasteiger partial charge in [0.05, 0.1) is 0 Å². The molecule has 0 radical (unpaired) electrons. The van der Waals surface area contributed by atoms with Crippen LogP contribution in [0.5, 0.6) is 5.75 Å². The van der Waals surface area contributed by atoms with Crippen molar-refractivity contribution in [1.29, 1.82) is 0 Å². The molecule has 2 heterocycles. The number of carbonyl (C=O) groups excluding carboxylic acids is 1. The summed E-state index contributed by atoms with van der Waals surface area (Å²) < 4.78 is 6.14. The highest BCUT2D eigenvalue weighted by molar-refractivity contribution is 5.77. The van der Waals surface area contributed by atoms with Crippen molar-refractivity contribution in [2.24, 2.45) is 23.2 Å². The van der Waals surface area contributed by atoms with Crippen molar-refractivity contribution in [2.75, 3.05) is 19.7 Å². The third-order valence-electron chi connectivity index (χ3n) is 9.25. The number of nitrogens with one attached hydrogen (secondary N) is 1. The van der Waals surface area contributed by atoms with Crippen LogP contribution < -0.4 is 10.1 Å². The van der Waals surface area contributed by atoms with E-state index in [0.29, 0.717) is 23.1 Å². The molecule has 6 heteroatoms. The van der Waals surface area contributed by atoms with E-state index in [2.05, 4.69) is 62.7 Å². The molecule has 1 N–H and O–H groups in total. The zero-order chi connectivity index (χ0) is 25.5. The topological polar surface area (TPSA) is 67.3 Å². The highest BCUT2D eigenvalue weighted by atomic mass is 16.5. The monoisotopic (exact) mass is 506 g/mol. The van der Waals surface area contributed by atoms with Gasteiger partial charge in [0.25, 0.3) is 5.91 Å². The fourth-order valence-electron chi connectivity index (χ4n) is 7.16. The van der Waals surface area contributed by atoms with Crippen molar-refractivity contribution in [3.63, 3.8) is 0 Å². The van der Waals surface area contributed by atoms with Crippen molar-refractivity contribution in [2.45, 2.75) is 38.8 Å². The maximum atomic E-state index is 12.8. The predicted molar refractivity (Wildman–Crippen MR) is 146 cm³/mol. The highest BCUT2D eigenvalue weighted by Gasteiger charge is 2.62. The minimum atomic E-state index is -0.0464. The Labute approximate surface area is 224 Å². The Morgan fingerprint density at radius 1 is 1.05 bits per heavy atom. The number of benzene rings is 2. The maximum Gasteiger partial charge on any atom is 0.257 e. The van der Waals surface area contributed by atoms with E-state index in [1.54, 1.807) is 12.4 Å². The fraction of sp³-hybridized carbons (Fsp3) is 0.406. The van der Waals surface area contributed by atoms with Crippen LogP contribution in [0.15, 0.2) is 73.1 Å². The van der Waals surface area contributed by atoms with Gasteiger partial charge in [-0.15, -0.1) is 0 Å². The Balaban J connectivity index is 1.03. The number of fused-ring (bicyclic) bond motifs is 1. The molecule has 2 fully saturated rings. The molecule has 1 aliphatic heterocycles. The summed E-state index contributed by atoms with van der Waals surface area (Å²) in [7, 11) is 0. The number of allylic oxidation sites excluding steroid dienone is 2. The van der Waals surface area contributed by atoms with Crippen LogP contribution in [-0.4, -0.2) is 40.5 Å². The molecule has 1 amide bonds. The normalized spacial score (nSPS) is 24.4. The molecule has 1 aromatic heterocycles. The second-order valence-electron chi connectivity index (χ2n) is 11.5. The molecule has 2 aromatic carbocycles. The summed E-state index contributed by atoms with van der Waals surface area (Å²) in [6, 6.07) is 16.5. The fourth-order valence-corrected chi connectivity index (χ4v) is 7.16. The quantitative estimate of drug-likeness (QED) is 0.445. The number of aromatic nitrogens is 2. The molecule has 2 saturated carbocycles. The average Bonchev–Trinajstić information content (AvgIpc) is 3.63. The molecule has 4 aliphatic rings. The van der Waals surface area contributed by atoms with E-state index in [4.69, 9.17) is 4.74 Å². The number of rotatable bonds is 8. The minimum absolute atomic E-state index is 0.0266. The lowest BCUT2D eigenvalue weighted by Gasteiger charge is -2.29. The summed E-state index contributed by atoms with van der Waals surface area (Å²) in [5.74, 6) is 3.35. The number of amides is 1. The summed E-state index contributed by atoms with van der Waals surface area (Å²) >= 11 is 0. The summed E-state index contributed by atoms with van der Waals surface area (Å²) in [6.07, 6.45) is 13.3. The second kappa shape index (κ2) is 9.66. The van der Waals surface area contributed by atoms with Crippen LogP contribution in [0.4, 0.5) is 0 Å². The molecule has 3 aliphatic carbocycles. The van der Waals surface area contributed by atoms with Crippen molar-refractivity contribution < 1.29 is 9.53 Å². The Morgan fingerprint density at radius 3 is 2.71 bits per heavy atom. The van der Waals surface area contributed by atoms with Crippen molar-refractivity contribution in [3.8, 4) is 17.1 Å². The Morgan fingerprint density at radius 2 is 1.89 bits per heavy atom. The largest absolute Gasteiger partial charge is 0.483 e. The summed E-state index contributed by atoms with van der Waals surface area (Å²) in [5.41, 5.74) is 5.37. The molecular weight excluding hydrogens is 472 g/mol. The van der Waals surface area contributed by atoms with Crippen LogP contribution in [0.2, 0.25) is 0 Å². The van der Waals surface area contributed by atoms with Crippen LogP contribution in [0, 0.1) is 23.2 Å². The highest BCUT2D eigenvalue weighted by Crippen LogP contribution is 2.69. The van der Waals surface area contributed by atoms with Gasteiger partial charge in [-0.1, -0.05) is 36.4 Å². The summed E-state index contributed by atoms with van der Waals surface area (Å²) in [5, 5.41) is 3.17. The third kappa shape index (κ3) is 4.41. The van der Waals surface area contributed by atoms with Gasteiger partial charge in [-0.25, -0.2) is 9.97 Å². The Hall–Kier alpha value is -3.51. The minimum Gasteiger partial charge on any atom is -0.483 e. The van der Waals surface area contributed by atoms with Gasteiger partial charge in [-0.3, -0.25) is 9.69 Å². The first-order valence-electron chi connectivity index (χ1n) is 14.0. The molecular formula is C32H34N4O2. The van der Waals surface area contributed by atoms with E-state index in [1.807, 2.05) is 18.2 Å². The lowest BCUT2D eigenvalue weighted by Crippen LogP contribution is -2.35. The van der Waals surface area contributed by atoms with E-state index in [9.17, 15) is 4.79 Å². The standard InChI is InChI=1S/C32H34N4O2/c37-30(35-18-25-17-27-7-8-28(25)32(27)11-12-32)21-38-29-9-6-23(31-33-13-3-14-34-31)16-26(29)20-36-15-10-22-4-1-2-5-24(22)19-36/h1-9,13-14,16,25,27-28H,10-12,15,17-21H2,(H,35,37). The van der Waals surface area contributed by atoms with Gasteiger partial charge in [0.1, 0.15) is 5.75 Å². The van der Waals surface area contributed by atoms with E-state index in [-0.39, 0.29) is 12.5 Å². The second-order valence-corrected chi connectivity index (χ2v) is 11.5. The molecule has 194 valence electrons. The van der Waals surface area contributed by atoms with Gasteiger partial charge >= 0.3 is 0 Å². The smallest absolute Gasteiger partial charge is 0.257 e. The number of hydrogen-bond acceptors (Lipinski definition) is 5. The summed E-state index contributed by atoms with van der Waals surface area (Å²) in [6.45, 7) is 3.41. The van der Waals surface area contributed by atoms with E-state index < -0.39 is 0 Å². The molecule has 3 aromatic rings. The van der Waals surface area contributed by atoms with E-state index >= 15 is 0 Å². The van der Waals surface area contributed by atoms with Gasteiger partial charge in [0, 0.05) is 49.7 Å². The van der Waals surface area contributed by atoms with Crippen molar-refractivity contribution in [1.82, 2.24) is 20.2 Å². The first-order valence-corrected chi connectivity index (χ1v) is 14.0. The number of nitrogens with zero attached hydrogens (tertiary/aromatic N) is 3. The van der Waals surface area contributed by atoms with E-state index in [0.717, 1.165) is 55.4 Å². The van der Waals surface area contributed by atoms with Crippen LogP contribution in [0.1, 0.15) is 36.0 Å². The lowest BCUT2D eigenvalue weighted by atomic mass is 9.89. The summed E-state index contributed by atoms with van der Waals surface area (Å²) in [4.78, 5) is 24.1. The third-order valence-corrected chi connectivity index (χ3v) is 9.25. The maximum absolute atomic E-state index is 12.8. The van der Waals surface area contributed by atoms with Crippen molar-refractivity contribution in [3.05, 3.63) is 89.8 Å². The van der Waals surface area contributed by atoms with Crippen molar-refractivity contribution >= 4 is 5.91 Å². The molecule has 2 bridgehead atoms. The lowest BCUT2D eigenvalue weighted by molar-refractivity contribution is -0.123. The van der Waals surface area contributed by atoms with Gasteiger partial charge in [0.15, 0.2) is 12.4 Å². The SMILES string of the molecule is O=C(COc1ccc(-c2ncccn2)cc1CN1CCc2ccccc2C1)NCC1CC2C=CC1C21CC1. The predicted octanol–water partition coefficient (Wildman–Crippen LogP) is 4.80. The van der Waals surface area contributed by atoms with E-state index in [1.165, 1.54) is 30.4 Å². The van der Waals surface area contributed by atoms with Crippen LogP contribution in [0.25, 0.3) is 11.4 Å². The molecule has 1 spiro atoms. The van der Waals surface area contributed by atoms with Gasteiger partial charge in [0.2, 0.25) is 0 Å². The zero-order valence-electron chi connectivity index (χ0n) is 21.7. The first-order chi connectivity index (χ1) is 18.7. The molecule has 3 unspecified atom stereocenters. The zero-order valence-corrected chi connectivity index (χ0v) is 21.7. The van der Waals surface area contributed by atoms with Gasteiger partial charge in [-0.2, -0.15) is 0 Å². The Kier molecular flexibility index (Phi) is 6.00. The number of hydrogen-bond donors (Lipinski definition) is 1. The van der Waals surface area contributed by atoms with Crippen LogP contribution in [0.3, 0.4) is 0 Å². The molecule has 0 saturated heterocycles. The molecule has 6 nitrogen and oxygen atoms in total. The van der Waals surface area contributed by atoms with Gasteiger partial charge in [-0.05, 0) is 84.2 Å². The molecule has 38 heavy (non-hydrogen) atoms. The average molecular weight is 507 g/mol. The first kappa shape index (κ1) is 23.6. The molecule has 3 atom stereocenters. The Bertz CT molecular complexity index is 1370. The number of ether oxygens (including phenoxy) is 1.